The Balaban J connectivity index is 1.66. The maximum Gasteiger partial charge on any atom is 0.220 e. The number of aliphatic hydroxyl groups excluding tert-OH is 8. The van der Waals surface area contributed by atoms with Gasteiger partial charge in [-0.25, -0.2) is 0 Å². The minimum atomic E-state index is -1.79. The Hall–Kier alpha value is -1.27. The predicted octanol–water partition coefficient (Wildman–Crippen LogP) is 12.2. The highest BCUT2D eigenvalue weighted by molar-refractivity contribution is 5.76. The third kappa shape index (κ3) is 35.0. The van der Waals surface area contributed by atoms with Crippen LogP contribution in [0.25, 0.3) is 0 Å². The number of hydrogen-bond acceptors (Lipinski definition) is 13. The fraction of sp³-hybridized carbons (Fsp3) is 0.953. The van der Waals surface area contributed by atoms with Crippen LogP contribution >= 0.6 is 0 Å². The first-order valence-electron chi connectivity index (χ1n) is 32.9. The summed E-state index contributed by atoms with van der Waals surface area (Å²) < 4.78 is 22.8. The molecule has 0 bridgehead atoms. The van der Waals surface area contributed by atoms with Gasteiger partial charge in [0, 0.05) is 6.42 Å². The third-order valence-electron chi connectivity index (χ3n) is 16.5. The fourth-order valence-electron chi connectivity index (χ4n) is 11.2. The SMILES string of the molecule is CCCCCCCCCCCCCCC/C=C/C(O)C(COC1OC(CO)C(OC2OC(CO)C(O)C(O)C2O)C(O)C1O)NC(=O)CCCCCCCCCCCCCCCCCCCCCCCCCCCCCCC. The zero-order valence-electron chi connectivity index (χ0n) is 49.9. The molecule has 0 aromatic heterocycles. The zero-order chi connectivity index (χ0) is 56.7. The zero-order valence-corrected chi connectivity index (χ0v) is 49.9. The van der Waals surface area contributed by atoms with Crippen molar-refractivity contribution < 1.29 is 64.6 Å². The first kappa shape index (κ1) is 72.8. The molecule has 12 atom stereocenters. The number of amides is 1. The van der Waals surface area contributed by atoms with Crippen molar-refractivity contribution in [2.45, 2.75) is 370 Å². The number of carbonyl (C=O) groups excluding carboxylic acids is 1. The topological polar surface area (TPSA) is 228 Å². The summed E-state index contributed by atoms with van der Waals surface area (Å²) in [4.78, 5) is 13.3. The Kier molecular flexibility index (Phi) is 46.9. The van der Waals surface area contributed by atoms with E-state index in [-0.39, 0.29) is 18.9 Å². The first-order valence-corrected chi connectivity index (χ1v) is 32.9. The molecule has 0 aromatic carbocycles. The van der Waals surface area contributed by atoms with E-state index in [4.69, 9.17) is 18.9 Å². The molecule has 14 heteroatoms. The van der Waals surface area contributed by atoms with Gasteiger partial charge in [0.25, 0.3) is 0 Å². The normalized spacial score (nSPS) is 24.5. The van der Waals surface area contributed by atoms with E-state index in [0.29, 0.717) is 6.42 Å². The maximum absolute atomic E-state index is 13.3. The quantitative estimate of drug-likeness (QED) is 0.0204. The molecule has 2 aliphatic rings. The summed E-state index contributed by atoms with van der Waals surface area (Å²) in [6.07, 6.45) is 42.7. The maximum atomic E-state index is 13.3. The molecule has 462 valence electrons. The molecule has 2 saturated heterocycles. The van der Waals surface area contributed by atoms with E-state index in [1.165, 1.54) is 231 Å². The highest BCUT2D eigenvalue weighted by atomic mass is 16.7. The van der Waals surface area contributed by atoms with Gasteiger partial charge in [0.2, 0.25) is 5.91 Å². The number of carbonyl (C=O) groups is 1. The smallest absolute Gasteiger partial charge is 0.220 e. The van der Waals surface area contributed by atoms with E-state index >= 15 is 0 Å². The van der Waals surface area contributed by atoms with Gasteiger partial charge < -0.3 is 65.1 Å². The molecule has 14 nitrogen and oxygen atoms in total. The van der Waals surface area contributed by atoms with Gasteiger partial charge in [0.15, 0.2) is 12.6 Å². The van der Waals surface area contributed by atoms with Crippen LogP contribution in [0.1, 0.15) is 296 Å². The second kappa shape index (κ2) is 50.3. The number of unbranched alkanes of at least 4 members (excludes halogenated alkanes) is 41. The standard InChI is InChI=1S/C64H123NO13/c1-3-5-7-9-11-13-15-17-19-20-21-22-23-24-25-26-27-28-29-30-31-32-34-36-38-40-42-44-46-48-56(69)65-52(53(68)47-45-43-41-39-37-35-33-18-16-14-12-10-8-6-4-2)51-75-63-61(74)59(72)62(55(50-67)77-63)78-64-60(73)58(71)57(70)54(49-66)76-64/h45,47,52-55,57-64,66-68,70-74H,3-44,46,48-51H2,1-2H3,(H,65,69)/b47-45+. The lowest BCUT2D eigenvalue weighted by molar-refractivity contribution is -0.359. The summed E-state index contributed by atoms with van der Waals surface area (Å²) >= 11 is 0. The summed E-state index contributed by atoms with van der Waals surface area (Å²) in [5.74, 6) is -0.232. The molecule has 0 aliphatic carbocycles. The van der Waals surface area contributed by atoms with Crippen molar-refractivity contribution in [1.82, 2.24) is 5.32 Å². The molecule has 9 N–H and O–H groups in total. The van der Waals surface area contributed by atoms with Crippen LogP contribution in [0.5, 0.6) is 0 Å². The van der Waals surface area contributed by atoms with E-state index in [2.05, 4.69) is 19.2 Å². The Morgan fingerprint density at radius 1 is 0.449 bits per heavy atom. The molecule has 2 aliphatic heterocycles. The van der Waals surface area contributed by atoms with Crippen LogP contribution in [0.2, 0.25) is 0 Å². The van der Waals surface area contributed by atoms with E-state index in [9.17, 15) is 45.6 Å². The third-order valence-corrected chi connectivity index (χ3v) is 16.5. The number of nitrogens with one attached hydrogen (secondary N) is 1. The number of rotatable bonds is 54. The van der Waals surface area contributed by atoms with Gasteiger partial charge in [0.1, 0.15) is 48.8 Å². The Bertz CT molecular complexity index is 1360. The van der Waals surface area contributed by atoms with Crippen LogP contribution in [0.4, 0.5) is 0 Å². The van der Waals surface area contributed by atoms with Gasteiger partial charge in [-0.05, 0) is 19.3 Å². The van der Waals surface area contributed by atoms with Gasteiger partial charge in [0.05, 0.1) is 32.0 Å². The lowest BCUT2D eigenvalue weighted by atomic mass is 9.97. The number of hydrogen-bond donors (Lipinski definition) is 9. The van der Waals surface area contributed by atoms with Crippen molar-refractivity contribution in [3.8, 4) is 0 Å². The largest absolute Gasteiger partial charge is 0.394 e. The van der Waals surface area contributed by atoms with Crippen LogP contribution in [0.15, 0.2) is 12.2 Å². The summed E-state index contributed by atoms with van der Waals surface area (Å²) in [6, 6.07) is -0.910. The first-order chi connectivity index (χ1) is 38.1. The summed E-state index contributed by atoms with van der Waals surface area (Å²) in [5, 5.41) is 87.2. The number of allylic oxidation sites excluding steroid dienone is 1. The Morgan fingerprint density at radius 3 is 1.18 bits per heavy atom. The fourth-order valence-corrected chi connectivity index (χ4v) is 11.2. The predicted molar refractivity (Wildman–Crippen MR) is 314 cm³/mol. The Labute approximate surface area is 476 Å². The van der Waals surface area contributed by atoms with Crippen molar-refractivity contribution in [1.29, 1.82) is 0 Å². The van der Waals surface area contributed by atoms with Crippen LogP contribution in [0, 0.1) is 0 Å². The second-order valence-corrected chi connectivity index (χ2v) is 23.6. The van der Waals surface area contributed by atoms with E-state index in [1.54, 1.807) is 6.08 Å². The van der Waals surface area contributed by atoms with Gasteiger partial charge in [-0.1, -0.05) is 283 Å². The number of ether oxygens (including phenoxy) is 4. The summed E-state index contributed by atoms with van der Waals surface area (Å²) in [6.45, 7) is 2.84. The van der Waals surface area contributed by atoms with Crippen LogP contribution in [-0.4, -0.2) is 140 Å². The summed E-state index contributed by atoms with van der Waals surface area (Å²) in [7, 11) is 0. The molecule has 0 spiro atoms. The molecule has 0 radical (unpaired) electrons. The van der Waals surface area contributed by atoms with Crippen molar-refractivity contribution in [3.05, 3.63) is 12.2 Å². The van der Waals surface area contributed by atoms with Gasteiger partial charge in [-0.15, -0.1) is 0 Å². The monoisotopic (exact) mass is 1110 g/mol. The Morgan fingerprint density at radius 2 is 0.795 bits per heavy atom. The van der Waals surface area contributed by atoms with Crippen LogP contribution in [-0.2, 0) is 23.7 Å². The molecule has 78 heavy (non-hydrogen) atoms. The molecule has 2 rings (SSSR count). The minimum absolute atomic E-state index is 0.232. The second-order valence-electron chi connectivity index (χ2n) is 23.6. The van der Waals surface area contributed by atoms with Crippen molar-refractivity contribution in [3.63, 3.8) is 0 Å². The van der Waals surface area contributed by atoms with E-state index in [1.807, 2.05) is 6.08 Å². The van der Waals surface area contributed by atoms with E-state index < -0.39 is 86.8 Å². The molecular weight excluding hydrogens is 991 g/mol. The van der Waals surface area contributed by atoms with Gasteiger partial charge >= 0.3 is 0 Å². The molecule has 12 unspecified atom stereocenters. The average molecular weight is 1110 g/mol. The van der Waals surface area contributed by atoms with Gasteiger partial charge in [-0.3, -0.25) is 4.79 Å². The van der Waals surface area contributed by atoms with Crippen molar-refractivity contribution in [2.75, 3.05) is 19.8 Å². The van der Waals surface area contributed by atoms with E-state index in [0.717, 1.165) is 38.5 Å². The molecule has 2 heterocycles. The van der Waals surface area contributed by atoms with Gasteiger partial charge in [-0.2, -0.15) is 0 Å². The molecule has 2 fully saturated rings. The molecule has 0 saturated carbocycles. The minimum Gasteiger partial charge on any atom is -0.394 e. The lowest BCUT2D eigenvalue weighted by Gasteiger charge is -2.46. The summed E-state index contributed by atoms with van der Waals surface area (Å²) in [5.41, 5.74) is 0. The van der Waals surface area contributed by atoms with Crippen LogP contribution < -0.4 is 5.32 Å². The average Bonchev–Trinajstić information content (AvgIpc) is 3.48. The highest BCUT2D eigenvalue weighted by Gasteiger charge is 2.51. The van der Waals surface area contributed by atoms with Crippen molar-refractivity contribution >= 4 is 5.91 Å². The van der Waals surface area contributed by atoms with Crippen LogP contribution in [0.3, 0.4) is 0 Å². The molecular formula is C64H123NO13. The van der Waals surface area contributed by atoms with Crippen molar-refractivity contribution in [2.24, 2.45) is 0 Å². The molecule has 1 amide bonds. The molecule has 0 aromatic rings. The highest BCUT2D eigenvalue weighted by Crippen LogP contribution is 2.30. The lowest BCUT2D eigenvalue weighted by Crippen LogP contribution is -2.65. The number of aliphatic hydroxyl groups is 8.